The number of carbonyl (C=O) groups is 1. The number of fused-ring (bicyclic) bond motifs is 1. The van der Waals surface area contributed by atoms with Gasteiger partial charge in [0, 0.05) is 25.2 Å². The van der Waals surface area contributed by atoms with Gasteiger partial charge in [0.15, 0.2) is 0 Å². The fourth-order valence-electron chi connectivity index (χ4n) is 2.92. The summed E-state index contributed by atoms with van der Waals surface area (Å²) >= 11 is 0. The van der Waals surface area contributed by atoms with Gasteiger partial charge in [-0.1, -0.05) is 42.0 Å². The smallest absolute Gasteiger partial charge is 0.225 e. The maximum atomic E-state index is 12.5. The van der Waals surface area contributed by atoms with Crippen LogP contribution < -0.4 is 5.32 Å². The molecule has 5 nitrogen and oxygen atoms in total. The molecule has 132 valence electrons. The Kier molecular flexibility index (Phi) is 5.20. The minimum Gasteiger partial charge on any atom is -0.326 e. The van der Waals surface area contributed by atoms with Crippen LogP contribution >= 0.6 is 0 Å². The molecule has 2 aromatic carbocycles. The number of anilines is 1. The molecule has 6 heteroatoms. The van der Waals surface area contributed by atoms with Gasteiger partial charge in [-0.3, -0.25) is 4.79 Å². The van der Waals surface area contributed by atoms with Gasteiger partial charge in [-0.25, -0.2) is 8.42 Å². The first kappa shape index (κ1) is 17.6. The minimum atomic E-state index is -3.45. The van der Waals surface area contributed by atoms with Gasteiger partial charge in [-0.05, 0) is 36.6 Å². The molecule has 1 aliphatic rings. The Balaban J connectivity index is 1.57. The Morgan fingerprint density at radius 3 is 2.48 bits per heavy atom. The average Bonchev–Trinajstić information content (AvgIpc) is 2.62. The van der Waals surface area contributed by atoms with Crippen LogP contribution in [-0.2, 0) is 27.8 Å². The van der Waals surface area contributed by atoms with Gasteiger partial charge in [0.2, 0.25) is 15.9 Å². The quantitative estimate of drug-likeness (QED) is 0.894. The van der Waals surface area contributed by atoms with Crippen molar-refractivity contribution < 1.29 is 13.2 Å². The van der Waals surface area contributed by atoms with Crippen molar-refractivity contribution >= 4 is 21.6 Å². The lowest BCUT2D eigenvalue weighted by molar-refractivity contribution is -0.115. The lowest BCUT2D eigenvalue weighted by Gasteiger charge is -2.28. The summed E-state index contributed by atoms with van der Waals surface area (Å²) in [6.07, 6.45) is 0.666. The summed E-state index contributed by atoms with van der Waals surface area (Å²) in [5, 5.41) is 2.74. The summed E-state index contributed by atoms with van der Waals surface area (Å²) in [6, 6.07) is 15.3. The molecule has 0 saturated carbocycles. The Morgan fingerprint density at radius 2 is 1.76 bits per heavy atom. The zero-order chi connectivity index (χ0) is 17.9. The maximum absolute atomic E-state index is 12.5. The molecule has 0 unspecified atom stereocenters. The lowest BCUT2D eigenvalue weighted by atomic mass is 10.0. The first-order valence-electron chi connectivity index (χ1n) is 8.35. The number of amides is 1. The molecule has 3 rings (SSSR count). The third-order valence-corrected chi connectivity index (χ3v) is 6.23. The highest BCUT2D eigenvalue weighted by atomic mass is 32.2. The van der Waals surface area contributed by atoms with E-state index < -0.39 is 10.0 Å². The molecule has 0 aromatic heterocycles. The van der Waals surface area contributed by atoms with Crippen LogP contribution in [0.1, 0.15) is 23.1 Å². The summed E-state index contributed by atoms with van der Waals surface area (Å²) in [4.78, 5) is 12.0. The molecule has 1 N–H and O–H groups in total. The zero-order valence-electron chi connectivity index (χ0n) is 14.2. The summed E-state index contributed by atoms with van der Waals surface area (Å²) < 4.78 is 26.6. The second-order valence-electron chi connectivity index (χ2n) is 6.33. The van der Waals surface area contributed by atoms with E-state index in [9.17, 15) is 13.2 Å². The first-order chi connectivity index (χ1) is 11.9. The van der Waals surface area contributed by atoms with Gasteiger partial charge in [0.25, 0.3) is 0 Å². The summed E-state index contributed by atoms with van der Waals surface area (Å²) in [7, 11) is -3.45. The first-order valence-corrected chi connectivity index (χ1v) is 9.96. The van der Waals surface area contributed by atoms with Crippen LogP contribution in [0.2, 0.25) is 0 Å². The monoisotopic (exact) mass is 358 g/mol. The van der Waals surface area contributed by atoms with Gasteiger partial charge in [-0.2, -0.15) is 4.31 Å². The van der Waals surface area contributed by atoms with E-state index >= 15 is 0 Å². The molecule has 0 fully saturated rings. The van der Waals surface area contributed by atoms with Crippen LogP contribution in [0, 0.1) is 6.92 Å². The Hall–Kier alpha value is -2.18. The molecule has 0 radical (unpaired) electrons. The van der Waals surface area contributed by atoms with Crippen molar-refractivity contribution in [3.63, 3.8) is 0 Å². The molecule has 0 atom stereocenters. The van der Waals surface area contributed by atoms with Crippen molar-refractivity contribution in [2.45, 2.75) is 26.3 Å². The molecule has 25 heavy (non-hydrogen) atoms. The van der Waals surface area contributed by atoms with E-state index in [4.69, 9.17) is 0 Å². The van der Waals surface area contributed by atoms with E-state index in [0.29, 0.717) is 25.2 Å². The van der Waals surface area contributed by atoms with Crippen molar-refractivity contribution in [1.82, 2.24) is 4.31 Å². The van der Waals surface area contributed by atoms with E-state index in [1.54, 1.807) is 0 Å². The van der Waals surface area contributed by atoms with Crippen LogP contribution in [0.15, 0.2) is 48.5 Å². The molecule has 0 bridgehead atoms. The molecule has 0 saturated heterocycles. The standard InChI is InChI=1S/C19H22N2O3S/c1-15-6-8-18(9-7-15)20-19(22)11-13-25(23,24)21-12-10-16-4-2-3-5-17(16)14-21/h2-9H,10-14H2,1H3,(H,20,22). The number of carbonyl (C=O) groups excluding carboxylic acids is 1. The van der Waals surface area contributed by atoms with Crippen LogP contribution in [0.5, 0.6) is 0 Å². The van der Waals surface area contributed by atoms with E-state index in [0.717, 1.165) is 11.1 Å². The number of rotatable bonds is 5. The van der Waals surface area contributed by atoms with Crippen molar-refractivity contribution in [2.75, 3.05) is 17.6 Å². The topological polar surface area (TPSA) is 66.5 Å². The third-order valence-electron chi connectivity index (χ3n) is 4.41. The van der Waals surface area contributed by atoms with E-state index in [-0.39, 0.29) is 18.1 Å². The van der Waals surface area contributed by atoms with Crippen molar-refractivity contribution in [2.24, 2.45) is 0 Å². The fraction of sp³-hybridized carbons (Fsp3) is 0.316. The van der Waals surface area contributed by atoms with Gasteiger partial charge in [0.05, 0.1) is 5.75 Å². The number of hydrogen-bond donors (Lipinski definition) is 1. The lowest BCUT2D eigenvalue weighted by Crippen LogP contribution is -2.38. The Morgan fingerprint density at radius 1 is 1.08 bits per heavy atom. The summed E-state index contributed by atoms with van der Waals surface area (Å²) in [5.41, 5.74) is 4.03. The maximum Gasteiger partial charge on any atom is 0.225 e. The highest BCUT2D eigenvalue weighted by Crippen LogP contribution is 2.21. The molecule has 1 heterocycles. The summed E-state index contributed by atoms with van der Waals surface area (Å²) in [6.45, 7) is 2.83. The molecular weight excluding hydrogens is 336 g/mol. The average molecular weight is 358 g/mol. The number of hydrogen-bond acceptors (Lipinski definition) is 3. The van der Waals surface area contributed by atoms with Crippen molar-refractivity contribution in [3.8, 4) is 0 Å². The minimum absolute atomic E-state index is 0.0473. The third kappa shape index (κ3) is 4.46. The van der Waals surface area contributed by atoms with Gasteiger partial charge >= 0.3 is 0 Å². The van der Waals surface area contributed by atoms with E-state index in [1.807, 2.05) is 55.5 Å². The molecule has 2 aromatic rings. The van der Waals surface area contributed by atoms with Crippen LogP contribution in [0.4, 0.5) is 5.69 Å². The summed E-state index contributed by atoms with van der Waals surface area (Å²) in [5.74, 6) is -0.461. The van der Waals surface area contributed by atoms with Gasteiger partial charge < -0.3 is 5.32 Å². The zero-order valence-corrected chi connectivity index (χ0v) is 15.1. The molecular formula is C19H22N2O3S. The number of aryl methyl sites for hydroxylation is 1. The normalized spacial score (nSPS) is 14.8. The Labute approximate surface area is 148 Å². The van der Waals surface area contributed by atoms with Crippen LogP contribution in [-0.4, -0.2) is 30.9 Å². The second kappa shape index (κ2) is 7.37. The molecule has 1 aliphatic heterocycles. The van der Waals surface area contributed by atoms with Gasteiger partial charge in [-0.15, -0.1) is 0 Å². The SMILES string of the molecule is Cc1ccc(NC(=O)CCS(=O)(=O)N2CCc3ccccc3C2)cc1. The predicted octanol–water partition coefficient (Wildman–Crippen LogP) is 2.71. The molecule has 0 aliphatic carbocycles. The van der Waals surface area contributed by atoms with E-state index in [2.05, 4.69) is 5.32 Å². The van der Waals surface area contributed by atoms with Gasteiger partial charge in [0.1, 0.15) is 0 Å². The number of sulfonamides is 1. The van der Waals surface area contributed by atoms with Crippen molar-refractivity contribution in [1.29, 1.82) is 0 Å². The fourth-order valence-corrected chi connectivity index (χ4v) is 4.33. The highest BCUT2D eigenvalue weighted by Gasteiger charge is 2.26. The number of nitrogens with one attached hydrogen (secondary N) is 1. The Bertz CT molecular complexity index is 860. The number of benzene rings is 2. The predicted molar refractivity (Wildman–Crippen MR) is 98.8 cm³/mol. The number of nitrogens with zero attached hydrogens (tertiary/aromatic N) is 1. The molecule has 1 amide bonds. The van der Waals surface area contributed by atoms with Crippen molar-refractivity contribution in [3.05, 3.63) is 65.2 Å². The largest absolute Gasteiger partial charge is 0.326 e. The highest BCUT2D eigenvalue weighted by molar-refractivity contribution is 7.89. The van der Waals surface area contributed by atoms with Crippen LogP contribution in [0.25, 0.3) is 0 Å². The second-order valence-corrected chi connectivity index (χ2v) is 8.42. The van der Waals surface area contributed by atoms with Crippen LogP contribution in [0.3, 0.4) is 0 Å². The van der Waals surface area contributed by atoms with E-state index in [1.165, 1.54) is 9.87 Å². The molecule has 0 spiro atoms.